The summed E-state index contributed by atoms with van der Waals surface area (Å²) in [4.78, 5) is 16.9. The maximum Gasteiger partial charge on any atom is 0.352 e. The number of allylic oxidation sites excluding steroid dienone is 4. The van der Waals surface area contributed by atoms with E-state index in [1.165, 1.54) is 7.05 Å². The van der Waals surface area contributed by atoms with Gasteiger partial charge < -0.3 is 4.74 Å². The number of aliphatic imine (C=N–C) groups is 1. The number of methoxy groups -OCH3 is 1. The fraction of sp³-hybridized carbons (Fsp3) is 0.300. The average Bonchev–Trinajstić information content (AvgIpc) is 2.95. The summed E-state index contributed by atoms with van der Waals surface area (Å²) in [5.41, 5.74) is 3.52. The van der Waals surface area contributed by atoms with Crippen molar-refractivity contribution in [1.82, 2.24) is 5.01 Å². The molecule has 0 bridgehead atoms. The van der Waals surface area contributed by atoms with E-state index in [9.17, 15) is 4.79 Å². The van der Waals surface area contributed by atoms with Crippen LogP contribution in [0.4, 0.5) is 10.5 Å². The maximum atomic E-state index is 12.2. The van der Waals surface area contributed by atoms with Crippen molar-refractivity contribution in [3.8, 4) is 0 Å². The summed E-state index contributed by atoms with van der Waals surface area (Å²) in [6.07, 6.45) is 10.7. The van der Waals surface area contributed by atoms with E-state index in [1.54, 1.807) is 30.6 Å². The summed E-state index contributed by atoms with van der Waals surface area (Å²) in [5.74, 6) is 13.0. The molecule has 0 atom stereocenters. The molecule has 4 N–H and O–H groups in total. The highest BCUT2D eigenvalue weighted by atomic mass is 32.2. The molecular formula is C20H27N5O2S2. The minimum atomic E-state index is -0.490. The van der Waals surface area contributed by atoms with Gasteiger partial charge in [-0.3, -0.25) is 5.01 Å². The van der Waals surface area contributed by atoms with Gasteiger partial charge in [-0.2, -0.15) is 0 Å². The molecule has 0 heterocycles. The zero-order chi connectivity index (χ0) is 21.4. The van der Waals surface area contributed by atoms with Gasteiger partial charge in [-0.25, -0.2) is 26.5 Å². The highest BCUT2D eigenvalue weighted by Gasteiger charge is 2.19. The molecule has 0 spiro atoms. The van der Waals surface area contributed by atoms with Gasteiger partial charge in [0.05, 0.1) is 18.5 Å². The molecule has 7 nitrogen and oxygen atoms in total. The largest absolute Gasteiger partial charge is 0.497 e. The fourth-order valence-corrected chi connectivity index (χ4v) is 4.24. The van der Waals surface area contributed by atoms with Crippen LogP contribution >= 0.6 is 23.5 Å². The molecule has 0 radical (unpaired) electrons. The summed E-state index contributed by atoms with van der Waals surface area (Å²) in [6, 6.07) is 5.19. The van der Waals surface area contributed by atoms with E-state index in [0.29, 0.717) is 11.4 Å². The Morgan fingerprint density at radius 1 is 1.28 bits per heavy atom. The van der Waals surface area contributed by atoms with Crippen molar-refractivity contribution in [3.05, 3.63) is 65.1 Å². The number of ether oxygens (including phenoxy) is 1. The number of amides is 2. The number of anilines is 1. The molecule has 0 saturated heterocycles. The SMILES string of the molecule is COC1=CCC=C(N=C(SC)SCc2c(C)cccc2N(N)C(=O)N(C)N)C=C1. The first-order chi connectivity index (χ1) is 13.9. The maximum absolute atomic E-state index is 12.2. The Labute approximate surface area is 180 Å². The average molecular weight is 434 g/mol. The first-order valence-electron chi connectivity index (χ1n) is 8.91. The van der Waals surface area contributed by atoms with E-state index in [-0.39, 0.29) is 0 Å². The van der Waals surface area contributed by atoms with Crippen LogP contribution in [0.1, 0.15) is 17.5 Å². The molecular weight excluding hydrogens is 406 g/mol. The number of benzene rings is 1. The number of rotatable bonds is 5. The molecule has 0 fully saturated rings. The predicted molar refractivity (Wildman–Crippen MR) is 124 cm³/mol. The highest BCUT2D eigenvalue weighted by Crippen LogP contribution is 2.30. The van der Waals surface area contributed by atoms with Gasteiger partial charge in [0.1, 0.15) is 10.1 Å². The highest BCUT2D eigenvalue weighted by molar-refractivity contribution is 8.38. The van der Waals surface area contributed by atoms with Crippen molar-refractivity contribution in [1.29, 1.82) is 0 Å². The van der Waals surface area contributed by atoms with Crippen molar-refractivity contribution in [2.75, 3.05) is 25.4 Å². The lowest BCUT2D eigenvalue weighted by molar-refractivity contribution is 0.216. The third kappa shape index (κ3) is 6.40. The minimum Gasteiger partial charge on any atom is -0.497 e. The molecule has 0 aliphatic heterocycles. The zero-order valence-electron chi connectivity index (χ0n) is 17.1. The van der Waals surface area contributed by atoms with E-state index in [2.05, 4.69) is 6.08 Å². The van der Waals surface area contributed by atoms with E-state index < -0.39 is 6.03 Å². The number of urea groups is 1. The van der Waals surface area contributed by atoms with Crippen LogP contribution in [-0.2, 0) is 10.5 Å². The number of carbonyl (C=O) groups is 1. The third-order valence-electron chi connectivity index (χ3n) is 4.19. The van der Waals surface area contributed by atoms with Crippen LogP contribution in [0, 0.1) is 6.92 Å². The molecule has 2 amide bonds. The van der Waals surface area contributed by atoms with E-state index in [4.69, 9.17) is 21.4 Å². The second kappa shape index (κ2) is 11.1. The van der Waals surface area contributed by atoms with E-state index >= 15 is 0 Å². The lowest BCUT2D eigenvalue weighted by Gasteiger charge is -2.24. The van der Waals surface area contributed by atoms with Crippen LogP contribution in [0.5, 0.6) is 0 Å². The van der Waals surface area contributed by atoms with Gasteiger partial charge in [0, 0.05) is 12.8 Å². The molecule has 0 aromatic heterocycles. The smallest absolute Gasteiger partial charge is 0.352 e. The number of hydrazine groups is 2. The molecule has 0 unspecified atom stereocenters. The van der Waals surface area contributed by atoms with Crippen LogP contribution in [0.3, 0.4) is 0 Å². The number of nitrogens with zero attached hydrogens (tertiary/aromatic N) is 3. The van der Waals surface area contributed by atoms with Crippen molar-refractivity contribution in [2.45, 2.75) is 19.1 Å². The van der Waals surface area contributed by atoms with Crippen molar-refractivity contribution in [3.63, 3.8) is 0 Å². The molecule has 0 saturated carbocycles. The summed E-state index contributed by atoms with van der Waals surface area (Å²) in [6.45, 7) is 1.99. The van der Waals surface area contributed by atoms with Crippen LogP contribution in [0.15, 0.2) is 59.0 Å². The second-order valence-corrected chi connectivity index (χ2v) is 8.23. The molecule has 1 aliphatic carbocycles. The Hall–Kier alpha value is -2.20. The van der Waals surface area contributed by atoms with Gasteiger partial charge >= 0.3 is 6.03 Å². The normalized spacial score (nSPS) is 14.1. The first kappa shape index (κ1) is 23.1. The second-order valence-electron chi connectivity index (χ2n) is 6.22. The molecule has 1 aromatic rings. The predicted octanol–water partition coefficient (Wildman–Crippen LogP) is 3.93. The van der Waals surface area contributed by atoms with Crippen LogP contribution < -0.4 is 16.7 Å². The molecule has 9 heteroatoms. The summed E-state index contributed by atoms with van der Waals surface area (Å²) in [7, 11) is 3.12. The van der Waals surface area contributed by atoms with Gasteiger partial charge in [0.25, 0.3) is 0 Å². The van der Waals surface area contributed by atoms with Crippen LogP contribution in [0.2, 0.25) is 0 Å². The third-order valence-corrected chi connectivity index (χ3v) is 6.25. The number of thioether (sulfide) groups is 2. The molecule has 1 aromatic carbocycles. The molecule has 2 rings (SSSR count). The molecule has 29 heavy (non-hydrogen) atoms. The fourth-order valence-electron chi connectivity index (χ4n) is 2.58. The van der Waals surface area contributed by atoms with Gasteiger partial charge in [-0.15, -0.1) is 11.8 Å². The Morgan fingerprint density at radius 2 is 2.03 bits per heavy atom. The Bertz CT molecular complexity index is 862. The van der Waals surface area contributed by atoms with E-state index in [1.807, 2.05) is 49.6 Å². The number of nitrogens with two attached hydrogens (primary N) is 2. The van der Waals surface area contributed by atoms with Gasteiger partial charge in [-0.1, -0.05) is 30.0 Å². The van der Waals surface area contributed by atoms with Crippen molar-refractivity contribution >= 4 is 39.6 Å². The van der Waals surface area contributed by atoms with Crippen LogP contribution in [0.25, 0.3) is 0 Å². The van der Waals surface area contributed by atoms with Gasteiger partial charge in [0.2, 0.25) is 0 Å². The number of aryl methyl sites for hydroxylation is 1. The summed E-state index contributed by atoms with van der Waals surface area (Å²) >= 11 is 3.18. The summed E-state index contributed by atoms with van der Waals surface area (Å²) in [5, 5.41) is 2.04. The Morgan fingerprint density at radius 3 is 2.69 bits per heavy atom. The van der Waals surface area contributed by atoms with Crippen LogP contribution in [-0.4, -0.2) is 35.8 Å². The lowest BCUT2D eigenvalue weighted by atomic mass is 10.1. The number of hydrogen-bond acceptors (Lipinski definition) is 7. The first-order valence-corrected chi connectivity index (χ1v) is 11.1. The molecule has 156 valence electrons. The van der Waals surface area contributed by atoms with Crippen molar-refractivity contribution < 1.29 is 9.53 Å². The van der Waals surface area contributed by atoms with Gasteiger partial charge in [-0.05, 0) is 55.0 Å². The van der Waals surface area contributed by atoms with Crippen molar-refractivity contribution in [2.24, 2.45) is 16.7 Å². The Balaban J connectivity index is 2.19. The standard InChI is InChI=1S/C20H27N5O2S2/c1-14-7-5-10-18(25(22)20(26)24(2)21)17(14)13-29-19(28-4)23-15-8-6-9-16(27-3)12-11-15/h5,7-12H,6,13,21-22H2,1-4H3. The van der Waals surface area contributed by atoms with Gasteiger partial charge in [0.15, 0.2) is 0 Å². The lowest BCUT2D eigenvalue weighted by Crippen LogP contribution is -2.49. The van der Waals surface area contributed by atoms with E-state index in [0.717, 1.165) is 43.4 Å². The molecule has 1 aliphatic rings. The quantitative estimate of drug-likeness (QED) is 0.240. The zero-order valence-corrected chi connectivity index (χ0v) is 18.7. The topological polar surface area (TPSA) is 97.2 Å². The summed E-state index contributed by atoms with van der Waals surface area (Å²) < 4.78 is 6.18. The number of carbonyl (C=O) groups excluding carboxylic acids is 1. The Kier molecular flexibility index (Phi) is 8.84. The number of hydrogen-bond donors (Lipinski definition) is 2. The monoisotopic (exact) mass is 433 g/mol. The minimum absolute atomic E-state index is 0.490.